The van der Waals surface area contributed by atoms with Gasteiger partial charge in [0.05, 0.1) is 5.69 Å². The molecule has 3 rings (SSSR count). The quantitative estimate of drug-likeness (QED) is 0.487. The van der Waals surface area contributed by atoms with Crippen LogP contribution in [0.15, 0.2) is 60.8 Å². The van der Waals surface area contributed by atoms with Gasteiger partial charge in [0.1, 0.15) is 0 Å². The van der Waals surface area contributed by atoms with E-state index in [4.69, 9.17) is 0 Å². The Morgan fingerprint density at radius 3 is 2.38 bits per heavy atom. The summed E-state index contributed by atoms with van der Waals surface area (Å²) >= 11 is 1.47. The summed E-state index contributed by atoms with van der Waals surface area (Å²) < 4.78 is 1.85. The third-order valence-corrected chi connectivity index (χ3v) is 2.86. The van der Waals surface area contributed by atoms with E-state index in [9.17, 15) is 0 Å². The Hall–Kier alpha value is -1.41. The summed E-state index contributed by atoms with van der Waals surface area (Å²) in [6.45, 7) is 1.98. The molecule has 0 unspecified atom stereocenters. The van der Waals surface area contributed by atoms with Gasteiger partial charge in [-0.15, -0.1) is 11.6 Å². The number of aryl methyl sites for hydroxylation is 1. The Morgan fingerprint density at radius 1 is 1.05 bits per heavy atom. The topological polar surface area (TPSA) is 17.8 Å². The normalized spacial score (nSPS) is 9.29. The van der Waals surface area contributed by atoms with Gasteiger partial charge in [-0.25, -0.2) is 0 Å². The molecule has 1 heterocycles. The standard InChI is InChI=1S/C16H13N2.CH3.ClH.Ir/c1-13-10-11-18(17-13)16-9-5-8-15(12-16)14-6-3-2-4-7-14;;;/h2-8,10-12H,1H3;1H3;1H;/q2*-1;;+3/p-1. The molecular weight excluding hydrogens is 460 g/mol. The Labute approximate surface area is 140 Å². The average Bonchev–Trinajstić information content (AvgIpc) is 2.97. The summed E-state index contributed by atoms with van der Waals surface area (Å²) in [5, 5.41) is 4.40. The number of nitrogens with zero attached hydrogens (tertiary/aromatic N) is 2. The van der Waals surface area contributed by atoms with Gasteiger partial charge in [0.25, 0.3) is 0 Å². The van der Waals surface area contributed by atoms with Crippen LogP contribution < -0.4 is 0 Å². The van der Waals surface area contributed by atoms with Crippen LogP contribution in [-0.4, -0.2) is 9.78 Å². The van der Waals surface area contributed by atoms with E-state index in [1.54, 1.807) is 0 Å². The Balaban J connectivity index is 0.000000706. The number of hydrogen-bond donors (Lipinski definition) is 0. The van der Waals surface area contributed by atoms with Crippen LogP contribution in [0.3, 0.4) is 0 Å². The van der Waals surface area contributed by atoms with Gasteiger partial charge in [0.15, 0.2) is 0 Å². The molecule has 0 aliphatic heterocycles. The maximum absolute atomic E-state index is 4.64. The summed E-state index contributed by atoms with van der Waals surface area (Å²) in [6, 6.07) is 21.6. The van der Waals surface area contributed by atoms with Gasteiger partial charge in [0.2, 0.25) is 0 Å². The maximum atomic E-state index is 4.64. The predicted octanol–water partition coefficient (Wildman–Crippen LogP) is 4.79. The number of aromatic nitrogens is 2. The minimum atomic E-state index is 0. The Bertz CT molecular complexity index is 665. The number of rotatable bonds is 2. The number of benzene rings is 2. The molecule has 0 saturated carbocycles. The van der Waals surface area contributed by atoms with Crippen LogP contribution in [0.4, 0.5) is 0 Å². The minimum absolute atomic E-state index is 0. The zero-order chi connectivity index (χ0) is 14.4. The van der Waals surface area contributed by atoms with Gasteiger partial charge in [-0.2, -0.15) is 23.3 Å². The van der Waals surface area contributed by atoms with E-state index in [0.29, 0.717) is 0 Å². The van der Waals surface area contributed by atoms with Gasteiger partial charge < -0.3 is 7.43 Å². The monoisotopic (exact) mass is 476 g/mol. The van der Waals surface area contributed by atoms with E-state index in [0.717, 1.165) is 11.4 Å². The molecular formula is C17H16ClIrN2. The van der Waals surface area contributed by atoms with Crippen LogP contribution in [0.1, 0.15) is 5.69 Å². The second-order valence-corrected chi connectivity index (χ2v) is 4.23. The van der Waals surface area contributed by atoms with Crippen LogP contribution >= 0.6 is 9.58 Å². The van der Waals surface area contributed by atoms with Crippen LogP contribution in [0.2, 0.25) is 0 Å². The Morgan fingerprint density at radius 2 is 1.76 bits per heavy atom. The van der Waals surface area contributed by atoms with Crippen molar-refractivity contribution in [1.29, 1.82) is 0 Å². The first-order valence-electron chi connectivity index (χ1n) is 6.05. The SMILES string of the molecule is Cc1ccn(-c2[c-]ccc(-c3ccccc3)c2)n1.[CH3-].[Cl][Ir+2]. The van der Waals surface area contributed by atoms with Gasteiger partial charge in [-0.05, 0) is 24.2 Å². The van der Waals surface area contributed by atoms with Crippen LogP contribution in [-0.2, 0) is 17.9 Å². The van der Waals surface area contributed by atoms with Crippen molar-refractivity contribution in [3.05, 3.63) is 80.0 Å². The van der Waals surface area contributed by atoms with Crippen molar-refractivity contribution < 1.29 is 17.9 Å². The van der Waals surface area contributed by atoms with Crippen LogP contribution in [0.5, 0.6) is 0 Å². The molecule has 0 saturated heterocycles. The van der Waals surface area contributed by atoms with Crippen molar-refractivity contribution in [2.24, 2.45) is 0 Å². The second-order valence-electron chi connectivity index (χ2n) is 4.23. The van der Waals surface area contributed by atoms with Gasteiger partial charge in [-0.3, -0.25) is 4.68 Å². The first kappa shape index (κ1) is 17.6. The van der Waals surface area contributed by atoms with E-state index < -0.39 is 0 Å². The van der Waals surface area contributed by atoms with E-state index in [1.807, 2.05) is 48.1 Å². The summed E-state index contributed by atoms with van der Waals surface area (Å²) in [4.78, 5) is 0. The zero-order valence-corrected chi connectivity index (χ0v) is 15.0. The first-order chi connectivity index (χ1) is 9.83. The number of halogens is 1. The summed E-state index contributed by atoms with van der Waals surface area (Å²) in [5.74, 6) is 0. The first-order valence-corrected chi connectivity index (χ1v) is 9.02. The molecule has 2 nitrogen and oxygen atoms in total. The molecule has 0 bridgehead atoms. The molecule has 0 amide bonds. The molecule has 0 aliphatic rings. The van der Waals surface area contributed by atoms with Crippen molar-refractivity contribution in [2.45, 2.75) is 6.92 Å². The molecule has 0 N–H and O–H groups in total. The molecule has 0 fully saturated rings. The van der Waals surface area contributed by atoms with Crippen molar-refractivity contribution in [3.63, 3.8) is 0 Å². The molecule has 0 aliphatic carbocycles. The van der Waals surface area contributed by atoms with Gasteiger partial charge in [-0.1, -0.05) is 30.3 Å². The summed E-state index contributed by atoms with van der Waals surface area (Å²) in [7, 11) is 4.64. The molecule has 4 heteroatoms. The molecule has 0 spiro atoms. The second kappa shape index (κ2) is 8.78. The van der Waals surface area contributed by atoms with E-state index in [-0.39, 0.29) is 7.43 Å². The van der Waals surface area contributed by atoms with E-state index >= 15 is 0 Å². The fraction of sp³-hybridized carbons (Fsp3) is 0.0588. The van der Waals surface area contributed by atoms with Gasteiger partial charge >= 0.3 is 27.5 Å². The molecule has 0 radical (unpaired) electrons. The van der Waals surface area contributed by atoms with E-state index in [2.05, 4.69) is 45.0 Å². The Kier molecular flexibility index (Phi) is 7.38. The van der Waals surface area contributed by atoms with Gasteiger partial charge in [0, 0.05) is 6.20 Å². The van der Waals surface area contributed by atoms with Crippen molar-refractivity contribution >= 4 is 9.58 Å². The molecule has 3 aromatic rings. The zero-order valence-electron chi connectivity index (χ0n) is 11.9. The summed E-state index contributed by atoms with van der Waals surface area (Å²) in [6.07, 6.45) is 1.95. The molecule has 110 valence electrons. The third kappa shape index (κ3) is 4.53. The third-order valence-electron chi connectivity index (χ3n) is 2.86. The fourth-order valence-electron chi connectivity index (χ4n) is 1.95. The van der Waals surface area contributed by atoms with Crippen LogP contribution in [0, 0.1) is 20.4 Å². The molecule has 1 aromatic heterocycles. The predicted molar refractivity (Wildman–Crippen MR) is 84.8 cm³/mol. The number of hydrogen-bond acceptors (Lipinski definition) is 1. The fourth-order valence-corrected chi connectivity index (χ4v) is 1.95. The van der Waals surface area contributed by atoms with E-state index in [1.165, 1.54) is 29.0 Å². The van der Waals surface area contributed by atoms with Crippen LogP contribution in [0.25, 0.3) is 16.8 Å². The summed E-state index contributed by atoms with van der Waals surface area (Å²) in [5.41, 5.74) is 4.35. The van der Waals surface area contributed by atoms with Crippen molar-refractivity contribution in [1.82, 2.24) is 9.78 Å². The van der Waals surface area contributed by atoms with Crippen molar-refractivity contribution in [2.75, 3.05) is 0 Å². The average molecular weight is 476 g/mol. The van der Waals surface area contributed by atoms with Crippen molar-refractivity contribution in [3.8, 4) is 16.8 Å². The molecule has 2 aromatic carbocycles. The molecule has 21 heavy (non-hydrogen) atoms. The molecule has 0 atom stereocenters.